The van der Waals surface area contributed by atoms with Gasteiger partial charge < -0.3 is 0 Å². The number of hydrogen-bond donors (Lipinski definition) is 0. The van der Waals surface area contributed by atoms with Crippen LogP contribution in [0.2, 0.25) is 5.09 Å². The molecule has 0 heterocycles. The van der Waals surface area contributed by atoms with Crippen molar-refractivity contribution in [2.45, 2.75) is 31.8 Å². The number of hydrogen-bond acceptors (Lipinski definition) is 0. The third-order valence-corrected chi connectivity index (χ3v) is 1.48. The molecule has 0 aliphatic carbocycles. The van der Waals surface area contributed by atoms with Crippen LogP contribution in [0.1, 0.15) is 26.7 Å². The Morgan fingerprint density at radius 3 is 2.29 bits per heavy atom. The predicted octanol–water partition coefficient (Wildman–Crippen LogP) is 2.01. The summed E-state index contributed by atoms with van der Waals surface area (Å²) in [5, 5.41) is 1.34. The van der Waals surface area contributed by atoms with Crippen LogP contribution in [-0.4, -0.2) is 17.7 Å². The van der Waals surface area contributed by atoms with Gasteiger partial charge in [0.15, 0.2) is 0 Å². The molecule has 1 heteroatoms. The molecule has 1 atom stereocenters. The quantitative estimate of drug-likeness (QED) is 0.467. The molecule has 1 unspecified atom stereocenters. The van der Waals surface area contributed by atoms with Crippen molar-refractivity contribution in [2.75, 3.05) is 0 Å². The van der Waals surface area contributed by atoms with Gasteiger partial charge >= 0.3 is 55.4 Å². The Hall–Kier alpha value is 0.597. The summed E-state index contributed by atoms with van der Waals surface area (Å²) in [6.07, 6.45) is 2.74. The van der Waals surface area contributed by atoms with Gasteiger partial charge in [-0.15, -0.1) is 0 Å². The van der Waals surface area contributed by atoms with Crippen molar-refractivity contribution < 1.29 is 0 Å². The molecule has 0 aromatic heterocycles. The summed E-state index contributed by atoms with van der Waals surface area (Å²) in [4.78, 5) is 0. The third-order valence-electron chi connectivity index (χ3n) is 1.48. The van der Waals surface area contributed by atoms with Gasteiger partial charge in [0.1, 0.15) is 0 Å². The standard InChI is InChI=1S/C6H13.Li/c1-4-5-6(2)3;/h6H,2,4-5H2,1,3H3;. The van der Waals surface area contributed by atoms with E-state index in [0.29, 0.717) is 0 Å². The van der Waals surface area contributed by atoms with E-state index in [1.807, 2.05) is 0 Å². The second-order valence-corrected chi connectivity index (χ2v) is 2.30. The Kier molecular flexibility index (Phi) is 5.15. The van der Waals surface area contributed by atoms with E-state index in [-0.39, 0.29) is 0 Å². The molecule has 38 valence electrons. The third kappa shape index (κ3) is 4.45. The van der Waals surface area contributed by atoms with E-state index in [4.69, 9.17) is 0 Å². The van der Waals surface area contributed by atoms with E-state index in [0.717, 1.165) is 5.92 Å². The molecule has 0 bridgehead atoms. The average molecular weight is 92.1 g/mol. The van der Waals surface area contributed by atoms with E-state index in [2.05, 4.69) is 31.6 Å². The summed E-state index contributed by atoms with van der Waals surface area (Å²) < 4.78 is 0. The van der Waals surface area contributed by atoms with E-state index in [9.17, 15) is 0 Å². The van der Waals surface area contributed by atoms with E-state index >= 15 is 0 Å². The molecule has 0 spiro atoms. The van der Waals surface area contributed by atoms with Crippen molar-refractivity contribution in [3.8, 4) is 0 Å². The summed E-state index contributed by atoms with van der Waals surface area (Å²) in [5.74, 6) is 0.949. The molecule has 7 heavy (non-hydrogen) atoms. The first-order chi connectivity index (χ1) is 3.31. The first-order valence-corrected chi connectivity index (χ1v) is 3.31. The van der Waals surface area contributed by atoms with Crippen LogP contribution in [0.15, 0.2) is 0 Å². The molecule has 0 rings (SSSR count). The maximum absolute atomic E-state index is 2.31. The van der Waals surface area contributed by atoms with Gasteiger partial charge in [0.05, 0.1) is 0 Å². The fourth-order valence-corrected chi connectivity index (χ4v) is 0.697. The van der Waals surface area contributed by atoms with Crippen molar-refractivity contribution in [3.05, 3.63) is 0 Å². The molecule has 0 aromatic carbocycles. The summed E-state index contributed by atoms with van der Waals surface area (Å²) in [6.45, 7) is 4.55. The summed E-state index contributed by atoms with van der Waals surface area (Å²) >= 11 is 2.25. The van der Waals surface area contributed by atoms with Crippen LogP contribution in [0.3, 0.4) is 0 Å². The van der Waals surface area contributed by atoms with Gasteiger partial charge in [-0.2, -0.15) is 0 Å². The zero-order valence-corrected chi connectivity index (χ0v) is 5.70. The molecule has 0 saturated heterocycles. The zero-order valence-electron chi connectivity index (χ0n) is 5.70. The van der Waals surface area contributed by atoms with Gasteiger partial charge in [0.2, 0.25) is 0 Å². The first kappa shape index (κ1) is 7.60. The van der Waals surface area contributed by atoms with Gasteiger partial charge in [-0.25, -0.2) is 0 Å². The zero-order chi connectivity index (χ0) is 5.70. The fraction of sp³-hybridized carbons (Fsp3) is 1.00. The van der Waals surface area contributed by atoms with Crippen molar-refractivity contribution in [1.82, 2.24) is 0 Å². The topological polar surface area (TPSA) is 0 Å². The van der Waals surface area contributed by atoms with Gasteiger partial charge in [-0.05, 0) is 0 Å². The molecule has 0 N–H and O–H groups in total. The SMILES string of the molecule is [Li][CH2]C(C)CCC. The van der Waals surface area contributed by atoms with Crippen molar-refractivity contribution >= 4 is 17.7 Å². The van der Waals surface area contributed by atoms with Crippen molar-refractivity contribution in [2.24, 2.45) is 5.92 Å². The Balaban J connectivity index is 2.83. The Morgan fingerprint density at radius 1 is 1.57 bits per heavy atom. The molecule has 0 nitrogen and oxygen atoms in total. The summed E-state index contributed by atoms with van der Waals surface area (Å²) in [5.41, 5.74) is 0. The van der Waals surface area contributed by atoms with Crippen molar-refractivity contribution in [3.63, 3.8) is 0 Å². The predicted molar refractivity (Wildman–Crippen MR) is 34.6 cm³/mol. The van der Waals surface area contributed by atoms with E-state index in [1.54, 1.807) is 0 Å². The molecule has 0 amide bonds. The number of rotatable bonds is 3. The van der Waals surface area contributed by atoms with E-state index in [1.165, 1.54) is 17.9 Å². The molecular formula is C6H13Li. The Labute approximate surface area is 55.9 Å². The molecule has 0 aliphatic rings. The second kappa shape index (κ2) is 4.75. The van der Waals surface area contributed by atoms with Crippen molar-refractivity contribution in [1.29, 1.82) is 0 Å². The molecule has 0 aromatic rings. The van der Waals surface area contributed by atoms with Crippen LogP contribution in [-0.2, 0) is 0 Å². The molecule has 0 saturated carbocycles. The fourth-order valence-electron chi connectivity index (χ4n) is 0.697. The van der Waals surface area contributed by atoms with Crippen LogP contribution in [0.4, 0.5) is 0 Å². The van der Waals surface area contributed by atoms with Gasteiger partial charge in [-0.3, -0.25) is 0 Å². The normalized spacial score (nSPS) is 14.3. The monoisotopic (exact) mass is 92.1 g/mol. The van der Waals surface area contributed by atoms with Crippen LogP contribution in [0.25, 0.3) is 0 Å². The van der Waals surface area contributed by atoms with Crippen LogP contribution >= 0.6 is 0 Å². The summed E-state index contributed by atoms with van der Waals surface area (Å²) in [6, 6.07) is 0. The van der Waals surface area contributed by atoms with Gasteiger partial charge in [0.25, 0.3) is 0 Å². The average Bonchev–Trinajstić information content (AvgIpc) is 1.68. The minimum atomic E-state index is 0.949. The molecule has 0 aliphatic heterocycles. The van der Waals surface area contributed by atoms with E-state index < -0.39 is 0 Å². The first-order valence-electron chi connectivity index (χ1n) is 3.31. The van der Waals surface area contributed by atoms with Crippen LogP contribution in [0.5, 0.6) is 0 Å². The summed E-state index contributed by atoms with van der Waals surface area (Å²) in [7, 11) is 0. The molecule has 0 radical (unpaired) electrons. The van der Waals surface area contributed by atoms with Gasteiger partial charge in [-0.1, -0.05) is 0 Å². The minimum absolute atomic E-state index is 0.949. The second-order valence-electron chi connectivity index (χ2n) is 2.30. The van der Waals surface area contributed by atoms with Crippen LogP contribution < -0.4 is 0 Å². The Bertz CT molecular complexity index is 35.2. The molecular weight excluding hydrogens is 79.0 g/mol. The maximum atomic E-state index is 2.31. The Morgan fingerprint density at radius 2 is 2.14 bits per heavy atom. The molecule has 0 fully saturated rings. The van der Waals surface area contributed by atoms with Crippen LogP contribution in [0, 0.1) is 5.92 Å². The van der Waals surface area contributed by atoms with Gasteiger partial charge in [0, 0.05) is 0 Å².